The summed E-state index contributed by atoms with van der Waals surface area (Å²) < 4.78 is 7.37. The lowest BCUT2D eigenvalue weighted by molar-refractivity contribution is 0.100. The average molecular weight is 268 g/mol. The normalized spacial score (nSPS) is 11.1. The number of nitrogens with zero attached hydrogens (tertiary/aromatic N) is 2. The summed E-state index contributed by atoms with van der Waals surface area (Å²) in [6.07, 6.45) is 0.813. The fraction of sp³-hybridized carbons (Fsp3) is 0.250. The number of benzene rings is 1. The Morgan fingerprint density at radius 3 is 2.75 bits per heavy atom. The van der Waals surface area contributed by atoms with Crippen LogP contribution >= 0.6 is 0 Å². The first-order valence-corrected chi connectivity index (χ1v) is 6.83. The number of aromatic nitrogens is 2. The van der Waals surface area contributed by atoms with Crippen LogP contribution in [0.25, 0.3) is 11.0 Å². The van der Waals surface area contributed by atoms with E-state index in [1.54, 1.807) is 10.7 Å². The summed E-state index contributed by atoms with van der Waals surface area (Å²) in [5, 5.41) is 5.34. The molecule has 20 heavy (non-hydrogen) atoms. The first-order valence-electron chi connectivity index (χ1n) is 6.83. The van der Waals surface area contributed by atoms with Gasteiger partial charge in [-0.1, -0.05) is 25.1 Å². The minimum Gasteiger partial charge on any atom is -0.453 e. The number of hydrogen-bond acceptors (Lipinski definition) is 3. The number of fused-ring (bicyclic) bond motifs is 1. The Morgan fingerprint density at radius 2 is 2.05 bits per heavy atom. The fourth-order valence-electron chi connectivity index (χ4n) is 2.29. The van der Waals surface area contributed by atoms with Crippen LogP contribution in [0.2, 0.25) is 0 Å². The van der Waals surface area contributed by atoms with Gasteiger partial charge in [0.2, 0.25) is 5.78 Å². The van der Waals surface area contributed by atoms with E-state index in [1.807, 2.05) is 44.2 Å². The van der Waals surface area contributed by atoms with Crippen LogP contribution < -0.4 is 0 Å². The van der Waals surface area contributed by atoms with Crippen LogP contribution in [-0.4, -0.2) is 15.6 Å². The molecule has 2 heterocycles. The van der Waals surface area contributed by atoms with E-state index < -0.39 is 0 Å². The number of hydrogen-bond donors (Lipinski definition) is 0. The third kappa shape index (κ3) is 2.03. The predicted molar refractivity (Wildman–Crippen MR) is 76.9 cm³/mol. The van der Waals surface area contributed by atoms with Crippen molar-refractivity contribution in [3.05, 3.63) is 53.5 Å². The quantitative estimate of drug-likeness (QED) is 0.681. The third-order valence-corrected chi connectivity index (χ3v) is 3.37. The molecule has 0 atom stereocenters. The van der Waals surface area contributed by atoms with Crippen molar-refractivity contribution in [2.45, 2.75) is 26.8 Å². The van der Waals surface area contributed by atoms with E-state index >= 15 is 0 Å². The molecule has 3 rings (SSSR count). The van der Waals surface area contributed by atoms with Gasteiger partial charge in [0, 0.05) is 11.9 Å². The van der Waals surface area contributed by atoms with Crippen LogP contribution in [0.3, 0.4) is 0 Å². The van der Waals surface area contributed by atoms with Crippen LogP contribution in [0.5, 0.6) is 0 Å². The highest BCUT2D eigenvalue weighted by molar-refractivity contribution is 6.08. The lowest BCUT2D eigenvalue weighted by Crippen LogP contribution is -2.09. The van der Waals surface area contributed by atoms with Gasteiger partial charge in [-0.2, -0.15) is 5.10 Å². The van der Waals surface area contributed by atoms with Crippen molar-refractivity contribution in [2.24, 2.45) is 0 Å². The molecular formula is C16H16N2O2. The number of para-hydroxylation sites is 1. The van der Waals surface area contributed by atoms with Crippen molar-refractivity contribution >= 4 is 16.8 Å². The molecule has 0 fully saturated rings. The molecule has 0 spiro atoms. The standard InChI is InChI=1S/C16H16N2O2/c1-3-12-10-13(18(4-2)17-12)16(19)15-9-11-7-5-6-8-14(11)20-15/h5-10H,3-4H2,1-2H3. The van der Waals surface area contributed by atoms with Crippen LogP contribution in [0, 0.1) is 0 Å². The Labute approximate surface area is 117 Å². The molecule has 0 radical (unpaired) electrons. The lowest BCUT2D eigenvalue weighted by Gasteiger charge is -2.00. The second kappa shape index (κ2) is 4.96. The maximum atomic E-state index is 12.6. The van der Waals surface area contributed by atoms with E-state index in [1.165, 1.54) is 0 Å². The Kier molecular flexibility index (Phi) is 3.14. The second-order valence-electron chi connectivity index (χ2n) is 4.67. The SMILES string of the molecule is CCc1cc(C(=O)c2cc3ccccc3o2)n(CC)n1. The van der Waals surface area contributed by atoms with Gasteiger partial charge in [-0.3, -0.25) is 9.48 Å². The molecule has 1 aromatic carbocycles. The van der Waals surface area contributed by atoms with Crippen molar-refractivity contribution in [1.29, 1.82) is 0 Å². The maximum Gasteiger partial charge on any atom is 0.246 e. The van der Waals surface area contributed by atoms with Gasteiger partial charge in [-0.25, -0.2) is 0 Å². The molecular weight excluding hydrogens is 252 g/mol. The van der Waals surface area contributed by atoms with Crippen LogP contribution in [0.15, 0.2) is 40.8 Å². The van der Waals surface area contributed by atoms with E-state index in [9.17, 15) is 4.79 Å². The van der Waals surface area contributed by atoms with E-state index in [0.29, 0.717) is 18.0 Å². The molecule has 0 aliphatic rings. The summed E-state index contributed by atoms with van der Waals surface area (Å²) in [7, 11) is 0. The summed E-state index contributed by atoms with van der Waals surface area (Å²) in [6.45, 7) is 4.67. The molecule has 102 valence electrons. The predicted octanol–water partition coefficient (Wildman–Crippen LogP) is 3.44. The Balaban J connectivity index is 2.05. The molecule has 0 bridgehead atoms. The summed E-state index contributed by atoms with van der Waals surface area (Å²) in [6, 6.07) is 11.3. The second-order valence-corrected chi connectivity index (χ2v) is 4.67. The highest BCUT2D eigenvalue weighted by Crippen LogP contribution is 2.21. The van der Waals surface area contributed by atoms with Gasteiger partial charge < -0.3 is 4.42 Å². The number of carbonyl (C=O) groups is 1. The van der Waals surface area contributed by atoms with Crippen molar-refractivity contribution in [2.75, 3.05) is 0 Å². The lowest BCUT2D eigenvalue weighted by atomic mass is 10.2. The van der Waals surface area contributed by atoms with Gasteiger partial charge in [0.1, 0.15) is 11.3 Å². The third-order valence-electron chi connectivity index (χ3n) is 3.37. The largest absolute Gasteiger partial charge is 0.453 e. The van der Waals surface area contributed by atoms with Gasteiger partial charge in [0.05, 0.1) is 5.69 Å². The average Bonchev–Trinajstić information content (AvgIpc) is 3.09. The number of ketones is 1. The minimum absolute atomic E-state index is 0.116. The van der Waals surface area contributed by atoms with E-state index in [2.05, 4.69) is 5.10 Å². The van der Waals surface area contributed by atoms with E-state index in [-0.39, 0.29) is 5.78 Å². The smallest absolute Gasteiger partial charge is 0.246 e. The molecule has 0 unspecified atom stereocenters. The summed E-state index contributed by atoms with van der Waals surface area (Å²) in [5.41, 5.74) is 2.24. The van der Waals surface area contributed by atoms with Gasteiger partial charge in [0.25, 0.3) is 0 Å². The Bertz CT molecular complexity index is 735. The summed E-state index contributed by atoms with van der Waals surface area (Å²) >= 11 is 0. The zero-order valence-corrected chi connectivity index (χ0v) is 11.6. The van der Waals surface area contributed by atoms with Crippen LogP contribution in [-0.2, 0) is 13.0 Å². The Morgan fingerprint density at radius 1 is 1.25 bits per heavy atom. The molecule has 0 saturated heterocycles. The number of aryl methyl sites for hydroxylation is 2. The molecule has 4 nitrogen and oxygen atoms in total. The summed E-state index contributed by atoms with van der Waals surface area (Å²) in [4.78, 5) is 12.6. The van der Waals surface area contributed by atoms with E-state index in [4.69, 9.17) is 4.42 Å². The zero-order chi connectivity index (χ0) is 14.1. The molecule has 0 N–H and O–H groups in total. The molecule has 3 aromatic rings. The first kappa shape index (κ1) is 12.7. The van der Waals surface area contributed by atoms with Gasteiger partial charge in [-0.05, 0) is 31.5 Å². The van der Waals surface area contributed by atoms with Crippen molar-refractivity contribution in [1.82, 2.24) is 9.78 Å². The topological polar surface area (TPSA) is 48.0 Å². The van der Waals surface area contributed by atoms with Crippen molar-refractivity contribution in [3.63, 3.8) is 0 Å². The molecule has 4 heteroatoms. The van der Waals surface area contributed by atoms with Gasteiger partial charge >= 0.3 is 0 Å². The number of furan rings is 1. The number of rotatable bonds is 4. The van der Waals surface area contributed by atoms with Crippen molar-refractivity contribution < 1.29 is 9.21 Å². The Hall–Kier alpha value is -2.36. The highest BCUT2D eigenvalue weighted by Gasteiger charge is 2.19. The first-order chi connectivity index (χ1) is 9.72. The monoisotopic (exact) mass is 268 g/mol. The number of carbonyl (C=O) groups excluding carboxylic acids is 1. The van der Waals surface area contributed by atoms with Crippen molar-refractivity contribution in [3.8, 4) is 0 Å². The van der Waals surface area contributed by atoms with Gasteiger partial charge in [0.15, 0.2) is 5.76 Å². The van der Waals surface area contributed by atoms with Crippen LogP contribution in [0.1, 0.15) is 35.8 Å². The molecule has 2 aromatic heterocycles. The van der Waals surface area contributed by atoms with Crippen LogP contribution in [0.4, 0.5) is 0 Å². The molecule has 0 aliphatic carbocycles. The minimum atomic E-state index is -0.116. The summed E-state index contributed by atoms with van der Waals surface area (Å²) in [5.74, 6) is 0.249. The van der Waals surface area contributed by atoms with Gasteiger partial charge in [-0.15, -0.1) is 0 Å². The maximum absolute atomic E-state index is 12.6. The highest BCUT2D eigenvalue weighted by atomic mass is 16.3. The van der Waals surface area contributed by atoms with E-state index in [0.717, 1.165) is 23.1 Å². The fourth-order valence-corrected chi connectivity index (χ4v) is 2.29. The molecule has 0 aliphatic heterocycles. The zero-order valence-electron chi connectivity index (χ0n) is 11.6. The molecule has 0 saturated carbocycles. The molecule has 0 amide bonds.